The Morgan fingerprint density at radius 1 is 1.36 bits per heavy atom. The van der Waals surface area contributed by atoms with Crippen molar-refractivity contribution in [1.82, 2.24) is 9.78 Å². The van der Waals surface area contributed by atoms with Crippen LogP contribution in [0.5, 0.6) is 5.75 Å². The van der Waals surface area contributed by atoms with Crippen LogP contribution in [0.3, 0.4) is 0 Å². The fourth-order valence-electron chi connectivity index (χ4n) is 1.91. The van der Waals surface area contributed by atoms with E-state index in [1.165, 1.54) is 0 Å². The van der Waals surface area contributed by atoms with Crippen molar-refractivity contribution in [3.05, 3.63) is 23.9 Å². The second-order valence-electron chi connectivity index (χ2n) is 3.84. The van der Waals surface area contributed by atoms with Crippen LogP contribution in [-0.4, -0.2) is 14.9 Å². The molecule has 0 saturated carbocycles. The third kappa shape index (κ3) is 1.16. The molecule has 14 heavy (non-hydrogen) atoms. The van der Waals surface area contributed by atoms with Gasteiger partial charge in [-0.2, -0.15) is 5.10 Å². The zero-order valence-electron chi connectivity index (χ0n) is 8.65. The van der Waals surface area contributed by atoms with Gasteiger partial charge in [0.05, 0.1) is 0 Å². The van der Waals surface area contributed by atoms with Crippen molar-refractivity contribution >= 4 is 10.9 Å². The van der Waals surface area contributed by atoms with Gasteiger partial charge in [0, 0.05) is 18.1 Å². The molecule has 0 unspecified atom stereocenters. The summed E-state index contributed by atoms with van der Waals surface area (Å²) in [5, 5.41) is 15.0. The van der Waals surface area contributed by atoms with Crippen LogP contribution < -0.4 is 0 Å². The molecule has 74 valence electrons. The second kappa shape index (κ2) is 3.01. The van der Waals surface area contributed by atoms with Crippen LogP contribution in [0.2, 0.25) is 0 Å². The third-order valence-corrected chi connectivity index (χ3v) is 2.44. The number of aryl methyl sites for hydroxylation is 1. The maximum atomic E-state index is 9.61. The van der Waals surface area contributed by atoms with Gasteiger partial charge in [-0.05, 0) is 12.0 Å². The van der Waals surface area contributed by atoms with Crippen molar-refractivity contribution in [3.63, 3.8) is 0 Å². The number of rotatable bonds is 1. The molecule has 0 aliphatic rings. The lowest BCUT2D eigenvalue weighted by atomic mass is 10.1. The van der Waals surface area contributed by atoms with Crippen LogP contribution in [0.25, 0.3) is 10.9 Å². The van der Waals surface area contributed by atoms with Gasteiger partial charge in [-0.15, -0.1) is 0 Å². The molecule has 0 spiro atoms. The molecule has 0 bridgehead atoms. The van der Waals surface area contributed by atoms with E-state index in [2.05, 4.69) is 18.9 Å². The smallest absolute Gasteiger partial charge is 0.143 e. The maximum Gasteiger partial charge on any atom is 0.143 e. The van der Waals surface area contributed by atoms with Crippen molar-refractivity contribution in [2.45, 2.75) is 19.8 Å². The van der Waals surface area contributed by atoms with E-state index in [-0.39, 0.29) is 5.75 Å². The Bertz CT molecular complexity index is 471. The predicted octanol–water partition coefficient (Wildman–Crippen LogP) is 2.40. The van der Waals surface area contributed by atoms with E-state index in [0.29, 0.717) is 11.4 Å². The van der Waals surface area contributed by atoms with Crippen molar-refractivity contribution in [2.24, 2.45) is 7.05 Å². The molecule has 2 aromatic rings. The molecule has 0 amide bonds. The molecule has 0 saturated heterocycles. The second-order valence-corrected chi connectivity index (χ2v) is 3.84. The monoisotopic (exact) mass is 190 g/mol. The van der Waals surface area contributed by atoms with E-state index in [1.54, 1.807) is 6.07 Å². The molecular formula is C11H14N2O. The van der Waals surface area contributed by atoms with E-state index < -0.39 is 0 Å². The first-order valence-corrected chi connectivity index (χ1v) is 4.76. The predicted molar refractivity (Wildman–Crippen MR) is 56.5 cm³/mol. The first kappa shape index (κ1) is 9.06. The largest absolute Gasteiger partial charge is 0.506 e. The summed E-state index contributed by atoms with van der Waals surface area (Å²) in [6.07, 6.45) is 0. The molecule has 0 aliphatic heterocycles. The highest BCUT2D eigenvalue weighted by molar-refractivity contribution is 5.87. The average Bonchev–Trinajstić information content (AvgIpc) is 2.42. The Kier molecular flexibility index (Phi) is 1.95. The molecule has 0 aliphatic carbocycles. The van der Waals surface area contributed by atoms with Crippen LogP contribution in [-0.2, 0) is 7.05 Å². The van der Waals surface area contributed by atoms with Crippen LogP contribution in [0, 0.1) is 0 Å². The number of phenols is 1. The van der Waals surface area contributed by atoms with Gasteiger partial charge in [-0.3, -0.25) is 4.68 Å². The normalized spacial score (nSPS) is 11.4. The van der Waals surface area contributed by atoms with Crippen molar-refractivity contribution in [3.8, 4) is 5.75 Å². The molecule has 3 nitrogen and oxygen atoms in total. The zero-order chi connectivity index (χ0) is 10.3. The average molecular weight is 190 g/mol. The van der Waals surface area contributed by atoms with E-state index in [9.17, 15) is 5.11 Å². The van der Waals surface area contributed by atoms with E-state index >= 15 is 0 Å². The van der Waals surface area contributed by atoms with E-state index in [4.69, 9.17) is 0 Å². The third-order valence-electron chi connectivity index (χ3n) is 2.44. The van der Waals surface area contributed by atoms with E-state index in [0.717, 1.165) is 11.1 Å². The first-order valence-electron chi connectivity index (χ1n) is 4.76. The number of aromatic hydroxyl groups is 1. The molecule has 0 fully saturated rings. The molecular weight excluding hydrogens is 176 g/mol. The quantitative estimate of drug-likeness (QED) is 0.749. The summed E-state index contributed by atoms with van der Waals surface area (Å²) in [5.41, 5.74) is 1.86. The summed E-state index contributed by atoms with van der Waals surface area (Å²) in [5.74, 6) is 0.664. The Morgan fingerprint density at radius 3 is 2.71 bits per heavy atom. The van der Waals surface area contributed by atoms with Crippen molar-refractivity contribution < 1.29 is 5.11 Å². The number of phenolic OH excluding ortho intramolecular Hbond substituents is 1. The van der Waals surface area contributed by atoms with Crippen molar-refractivity contribution in [1.29, 1.82) is 0 Å². The Hall–Kier alpha value is -1.51. The summed E-state index contributed by atoms with van der Waals surface area (Å²) in [4.78, 5) is 0. The maximum absolute atomic E-state index is 9.61. The summed E-state index contributed by atoms with van der Waals surface area (Å²) < 4.78 is 1.84. The lowest BCUT2D eigenvalue weighted by Crippen LogP contribution is -1.99. The van der Waals surface area contributed by atoms with Gasteiger partial charge < -0.3 is 5.11 Å². The molecule has 1 N–H and O–H groups in total. The van der Waals surface area contributed by atoms with Crippen LogP contribution >= 0.6 is 0 Å². The standard InChI is InChI=1S/C11H14N2O/c1-7(2)11-8-5-4-6-9(14)10(8)12-13(11)3/h4-7,14H,1-3H3. The van der Waals surface area contributed by atoms with Gasteiger partial charge >= 0.3 is 0 Å². The minimum Gasteiger partial charge on any atom is -0.506 e. The van der Waals surface area contributed by atoms with Gasteiger partial charge in [-0.1, -0.05) is 26.0 Å². The zero-order valence-corrected chi connectivity index (χ0v) is 8.65. The van der Waals surface area contributed by atoms with Gasteiger partial charge in [0.1, 0.15) is 11.3 Å². The molecule has 2 rings (SSSR count). The van der Waals surface area contributed by atoms with Gasteiger partial charge in [0.15, 0.2) is 0 Å². The topological polar surface area (TPSA) is 38.1 Å². The van der Waals surface area contributed by atoms with E-state index in [1.807, 2.05) is 23.9 Å². The SMILES string of the molecule is CC(C)c1c2cccc(O)c2nn1C. The summed E-state index contributed by atoms with van der Waals surface area (Å²) in [6, 6.07) is 5.52. The highest BCUT2D eigenvalue weighted by Crippen LogP contribution is 2.29. The van der Waals surface area contributed by atoms with Crippen LogP contribution in [0.4, 0.5) is 0 Å². The summed E-state index contributed by atoms with van der Waals surface area (Å²) in [6.45, 7) is 4.25. The number of fused-ring (bicyclic) bond motifs is 1. The summed E-state index contributed by atoms with van der Waals surface area (Å²) in [7, 11) is 1.91. The molecule has 1 aromatic heterocycles. The fourth-order valence-corrected chi connectivity index (χ4v) is 1.91. The summed E-state index contributed by atoms with van der Waals surface area (Å²) >= 11 is 0. The number of hydrogen-bond donors (Lipinski definition) is 1. The highest BCUT2D eigenvalue weighted by Gasteiger charge is 2.13. The number of aromatic nitrogens is 2. The molecule has 3 heteroatoms. The Morgan fingerprint density at radius 2 is 2.07 bits per heavy atom. The number of benzene rings is 1. The number of hydrogen-bond acceptors (Lipinski definition) is 2. The number of nitrogens with zero attached hydrogens (tertiary/aromatic N) is 2. The molecule has 0 radical (unpaired) electrons. The lowest BCUT2D eigenvalue weighted by Gasteiger charge is -2.05. The lowest BCUT2D eigenvalue weighted by molar-refractivity contribution is 0.479. The minimum absolute atomic E-state index is 0.255. The van der Waals surface area contributed by atoms with Gasteiger partial charge in [0.2, 0.25) is 0 Å². The highest BCUT2D eigenvalue weighted by atomic mass is 16.3. The Balaban J connectivity index is 2.83. The Labute approximate surface area is 83.0 Å². The molecule has 1 aromatic carbocycles. The first-order chi connectivity index (χ1) is 6.61. The minimum atomic E-state index is 0.255. The van der Waals surface area contributed by atoms with Gasteiger partial charge in [0.25, 0.3) is 0 Å². The molecule has 0 atom stereocenters. The van der Waals surface area contributed by atoms with Crippen LogP contribution in [0.15, 0.2) is 18.2 Å². The van der Waals surface area contributed by atoms with Gasteiger partial charge in [-0.25, -0.2) is 0 Å². The van der Waals surface area contributed by atoms with Crippen molar-refractivity contribution in [2.75, 3.05) is 0 Å². The molecule has 1 heterocycles. The fraction of sp³-hybridized carbons (Fsp3) is 0.364. The van der Waals surface area contributed by atoms with Crippen LogP contribution in [0.1, 0.15) is 25.5 Å².